The second-order valence-electron chi connectivity index (χ2n) is 7.75. The van der Waals surface area contributed by atoms with Crippen molar-refractivity contribution in [1.82, 2.24) is 4.90 Å². The molecule has 0 radical (unpaired) electrons. The molecule has 2 aromatic rings. The number of nitro benzene ring substituents is 1. The van der Waals surface area contributed by atoms with Gasteiger partial charge in [0.2, 0.25) is 0 Å². The Hall–Kier alpha value is -4.34. The van der Waals surface area contributed by atoms with Crippen molar-refractivity contribution >= 4 is 17.6 Å². The lowest BCUT2D eigenvalue weighted by Gasteiger charge is -2.30. The molecule has 0 N–H and O–H groups in total. The Labute approximate surface area is 208 Å². The van der Waals surface area contributed by atoms with Crippen molar-refractivity contribution in [3.63, 3.8) is 0 Å². The molecule has 0 spiro atoms. The second kappa shape index (κ2) is 11.9. The maximum absolute atomic E-state index is 13.0. The summed E-state index contributed by atoms with van der Waals surface area (Å²) in [5.41, 5.74) is 1.66. The van der Waals surface area contributed by atoms with Gasteiger partial charge >= 0.3 is 11.9 Å². The molecule has 1 heterocycles. The summed E-state index contributed by atoms with van der Waals surface area (Å²) < 4.78 is 21.3. The van der Waals surface area contributed by atoms with Crippen LogP contribution >= 0.6 is 0 Å². The van der Waals surface area contributed by atoms with Crippen molar-refractivity contribution in [2.24, 2.45) is 0 Å². The van der Waals surface area contributed by atoms with Crippen molar-refractivity contribution in [3.8, 4) is 11.5 Å². The lowest BCUT2D eigenvalue weighted by Crippen LogP contribution is -2.29. The summed E-state index contributed by atoms with van der Waals surface area (Å²) in [7, 11) is 3.08. The van der Waals surface area contributed by atoms with Gasteiger partial charge in [-0.1, -0.05) is 18.2 Å². The minimum atomic E-state index is -0.828. The van der Waals surface area contributed by atoms with E-state index in [-0.39, 0.29) is 30.0 Å². The third kappa shape index (κ3) is 5.83. The topological polar surface area (TPSA) is 117 Å². The van der Waals surface area contributed by atoms with E-state index in [1.54, 1.807) is 50.4 Å². The number of carbonyl (C=O) groups is 2. The summed E-state index contributed by atoms with van der Waals surface area (Å²) >= 11 is 0. The zero-order valence-corrected chi connectivity index (χ0v) is 20.6. The van der Waals surface area contributed by atoms with E-state index in [1.807, 2.05) is 6.07 Å². The van der Waals surface area contributed by atoms with E-state index in [9.17, 15) is 19.7 Å². The lowest BCUT2D eigenvalue weighted by atomic mass is 9.83. The number of nitrogens with zero attached hydrogens (tertiary/aromatic N) is 2. The van der Waals surface area contributed by atoms with Crippen LogP contribution in [0.2, 0.25) is 0 Å². The van der Waals surface area contributed by atoms with E-state index < -0.39 is 22.8 Å². The fourth-order valence-electron chi connectivity index (χ4n) is 3.91. The number of benzene rings is 2. The molecule has 1 aliphatic heterocycles. The highest BCUT2D eigenvalue weighted by atomic mass is 16.6. The monoisotopic (exact) mass is 496 g/mol. The maximum Gasteiger partial charge on any atom is 0.336 e. The van der Waals surface area contributed by atoms with Crippen molar-refractivity contribution < 1.29 is 33.5 Å². The van der Waals surface area contributed by atoms with E-state index in [2.05, 4.69) is 0 Å². The molecule has 0 saturated carbocycles. The summed E-state index contributed by atoms with van der Waals surface area (Å²) in [4.78, 5) is 38.3. The molecular formula is C26H28N2O8. The van der Waals surface area contributed by atoms with Gasteiger partial charge in [0.1, 0.15) is 0 Å². The van der Waals surface area contributed by atoms with Gasteiger partial charge in [-0.2, -0.15) is 0 Å². The normalized spacial score (nSPS) is 13.4. The number of rotatable bonds is 10. The van der Waals surface area contributed by atoms with Crippen LogP contribution in [0.15, 0.2) is 66.0 Å². The Balaban J connectivity index is 2.08. The maximum atomic E-state index is 13.0. The van der Waals surface area contributed by atoms with E-state index >= 15 is 0 Å². The molecule has 0 fully saturated rings. The van der Waals surface area contributed by atoms with Crippen LogP contribution in [0.5, 0.6) is 11.5 Å². The summed E-state index contributed by atoms with van der Waals surface area (Å²) in [6.07, 6.45) is 3.23. The summed E-state index contributed by atoms with van der Waals surface area (Å²) in [5.74, 6) is -0.921. The van der Waals surface area contributed by atoms with Crippen LogP contribution in [0, 0.1) is 10.1 Å². The Morgan fingerprint density at radius 2 is 1.44 bits per heavy atom. The minimum Gasteiger partial charge on any atom is -0.493 e. The highest BCUT2D eigenvalue weighted by Gasteiger charge is 2.36. The standard InChI is InChI=1S/C26H28N2O8/c1-5-35-25(29)20-15-27(14-17-7-12-22(33-3)23(13-17)34-4)16-21(26(30)36-6-2)24(20)18-8-10-19(11-9-18)28(31)32/h7-13,15-16,24H,5-6,14H2,1-4H3. The van der Waals surface area contributed by atoms with Gasteiger partial charge in [0, 0.05) is 31.1 Å². The van der Waals surface area contributed by atoms with Gasteiger partial charge in [0.05, 0.1) is 49.4 Å². The lowest BCUT2D eigenvalue weighted by molar-refractivity contribution is -0.384. The molecule has 0 saturated heterocycles. The number of ether oxygens (including phenoxy) is 4. The molecule has 2 aromatic carbocycles. The van der Waals surface area contributed by atoms with Crippen LogP contribution < -0.4 is 9.47 Å². The summed E-state index contributed by atoms with van der Waals surface area (Å²) in [6, 6.07) is 11.1. The van der Waals surface area contributed by atoms with Gasteiger partial charge < -0.3 is 23.8 Å². The first kappa shape index (κ1) is 26.3. The van der Waals surface area contributed by atoms with Gasteiger partial charge in [-0.05, 0) is 37.1 Å². The third-order valence-electron chi connectivity index (χ3n) is 5.50. The highest BCUT2D eigenvalue weighted by molar-refractivity contribution is 5.98. The fourth-order valence-corrected chi connectivity index (χ4v) is 3.91. The first-order valence-electron chi connectivity index (χ1n) is 11.3. The number of hydrogen-bond donors (Lipinski definition) is 0. The summed E-state index contributed by atoms with van der Waals surface area (Å²) in [5, 5.41) is 11.1. The van der Waals surface area contributed by atoms with Crippen molar-refractivity contribution in [3.05, 3.63) is 87.3 Å². The third-order valence-corrected chi connectivity index (χ3v) is 5.50. The van der Waals surface area contributed by atoms with E-state index in [0.717, 1.165) is 5.56 Å². The van der Waals surface area contributed by atoms with Crippen LogP contribution in [0.25, 0.3) is 0 Å². The number of carbonyl (C=O) groups excluding carboxylic acids is 2. The van der Waals surface area contributed by atoms with Crippen LogP contribution in [-0.2, 0) is 25.6 Å². The zero-order valence-electron chi connectivity index (χ0n) is 20.6. The molecule has 0 aromatic heterocycles. The average molecular weight is 497 g/mol. The highest BCUT2D eigenvalue weighted by Crippen LogP contribution is 2.38. The van der Waals surface area contributed by atoms with Crippen LogP contribution in [0.4, 0.5) is 5.69 Å². The molecular weight excluding hydrogens is 468 g/mol. The largest absolute Gasteiger partial charge is 0.493 e. The van der Waals surface area contributed by atoms with Crippen molar-refractivity contribution in [2.45, 2.75) is 26.3 Å². The number of non-ortho nitro benzene ring substituents is 1. The smallest absolute Gasteiger partial charge is 0.336 e. The van der Waals surface area contributed by atoms with Crippen LogP contribution in [0.3, 0.4) is 0 Å². The average Bonchev–Trinajstić information content (AvgIpc) is 2.88. The molecule has 0 atom stereocenters. The van der Waals surface area contributed by atoms with Gasteiger partial charge in [0.15, 0.2) is 11.5 Å². The van der Waals surface area contributed by atoms with Gasteiger partial charge in [-0.3, -0.25) is 10.1 Å². The molecule has 0 aliphatic carbocycles. The van der Waals surface area contributed by atoms with Gasteiger partial charge in [-0.15, -0.1) is 0 Å². The first-order chi connectivity index (χ1) is 17.3. The Bertz CT molecular complexity index is 1150. The van der Waals surface area contributed by atoms with E-state index in [1.165, 1.54) is 31.4 Å². The predicted molar refractivity (Wildman–Crippen MR) is 130 cm³/mol. The molecule has 36 heavy (non-hydrogen) atoms. The van der Waals surface area contributed by atoms with E-state index in [4.69, 9.17) is 18.9 Å². The van der Waals surface area contributed by atoms with Crippen molar-refractivity contribution in [1.29, 1.82) is 0 Å². The summed E-state index contributed by atoms with van der Waals surface area (Å²) in [6.45, 7) is 3.95. The molecule has 190 valence electrons. The molecule has 1 aliphatic rings. The van der Waals surface area contributed by atoms with Crippen LogP contribution in [0.1, 0.15) is 30.9 Å². The Kier molecular flexibility index (Phi) is 8.66. The number of hydrogen-bond acceptors (Lipinski definition) is 9. The zero-order chi connectivity index (χ0) is 26.2. The number of nitro groups is 1. The Morgan fingerprint density at radius 3 is 1.92 bits per heavy atom. The van der Waals surface area contributed by atoms with Gasteiger partial charge in [0.25, 0.3) is 5.69 Å². The molecule has 0 unspecified atom stereocenters. The Morgan fingerprint density at radius 1 is 0.889 bits per heavy atom. The first-order valence-corrected chi connectivity index (χ1v) is 11.3. The van der Waals surface area contributed by atoms with Crippen molar-refractivity contribution in [2.75, 3.05) is 27.4 Å². The molecule has 0 bridgehead atoms. The quantitative estimate of drug-likeness (QED) is 0.272. The molecule has 10 nitrogen and oxygen atoms in total. The molecule has 10 heteroatoms. The second-order valence-corrected chi connectivity index (χ2v) is 7.75. The number of esters is 2. The fraction of sp³-hybridized carbons (Fsp3) is 0.308. The molecule has 0 amide bonds. The SMILES string of the molecule is CCOC(=O)C1=CN(Cc2ccc(OC)c(OC)c2)C=C(C(=O)OCC)C1c1ccc([N+](=O)[O-])cc1. The van der Waals surface area contributed by atoms with E-state index in [0.29, 0.717) is 23.6 Å². The minimum absolute atomic E-state index is 0.104. The van der Waals surface area contributed by atoms with Crippen LogP contribution in [-0.4, -0.2) is 49.2 Å². The predicted octanol–water partition coefficient (Wildman–Crippen LogP) is 4.11. The molecule has 3 rings (SSSR count). The van der Waals surface area contributed by atoms with Gasteiger partial charge in [-0.25, -0.2) is 9.59 Å². The number of methoxy groups -OCH3 is 2.